The van der Waals surface area contributed by atoms with Gasteiger partial charge in [0.25, 0.3) is 0 Å². The third-order valence-electron chi connectivity index (χ3n) is 3.53. The van der Waals surface area contributed by atoms with Crippen molar-refractivity contribution >= 4 is 22.4 Å². The average Bonchev–Trinajstić information content (AvgIpc) is 2.60. The largest absolute Gasteiger partial charge is 0.497 e. The Bertz CT molecular complexity index is 790. The first-order valence-electron chi connectivity index (χ1n) is 6.92. The van der Waals surface area contributed by atoms with Gasteiger partial charge in [0.15, 0.2) is 5.82 Å². The van der Waals surface area contributed by atoms with Gasteiger partial charge in [-0.15, -0.1) is 0 Å². The summed E-state index contributed by atoms with van der Waals surface area (Å²) in [5.74, 6) is 1.66. The van der Waals surface area contributed by atoms with Crippen LogP contribution in [0.4, 0.5) is 15.9 Å². The molecule has 0 aliphatic heterocycles. The van der Waals surface area contributed by atoms with Crippen LogP contribution in [0.1, 0.15) is 5.82 Å². The van der Waals surface area contributed by atoms with Crippen LogP contribution in [0.3, 0.4) is 0 Å². The van der Waals surface area contributed by atoms with Crippen molar-refractivity contribution in [3.05, 3.63) is 54.4 Å². The molecule has 0 amide bonds. The summed E-state index contributed by atoms with van der Waals surface area (Å²) < 4.78 is 18.2. The maximum atomic E-state index is 13.0. The topological polar surface area (TPSA) is 38.2 Å². The molecule has 0 atom stereocenters. The minimum absolute atomic E-state index is 0.189. The van der Waals surface area contributed by atoms with E-state index in [1.54, 1.807) is 7.11 Å². The van der Waals surface area contributed by atoms with Gasteiger partial charge in [0.2, 0.25) is 0 Å². The van der Waals surface area contributed by atoms with Gasteiger partial charge >= 0.3 is 0 Å². The molecule has 0 saturated carbocycles. The molecule has 2 aromatic carbocycles. The van der Waals surface area contributed by atoms with Gasteiger partial charge < -0.3 is 9.64 Å². The zero-order valence-corrected chi connectivity index (χ0v) is 12.5. The van der Waals surface area contributed by atoms with Gasteiger partial charge in [-0.1, -0.05) is 12.1 Å². The molecule has 0 bridgehead atoms. The predicted octanol–water partition coefficient (Wildman–Crippen LogP) is 3.88. The normalized spacial score (nSPS) is 10.7. The summed E-state index contributed by atoms with van der Waals surface area (Å²) in [5.41, 5.74) is 1.68. The molecule has 0 unspecified atom stereocenters. The summed E-state index contributed by atoms with van der Waals surface area (Å²) in [6, 6.07) is 15.2. The van der Waals surface area contributed by atoms with Crippen molar-refractivity contribution in [3.63, 3.8) is 0 Å². The zero-order valence-electron chi connectivity index (χ0n) is 12.5. The third-order valence-corrected chi connectivity index (χ3v) is 3.53. The molecule has 0 saturated heterocycles. The zero-order chi connectivity index (χ0) is 15.5. The van der Waals surface area contributed by atoms with Gasteiger partial charge in [0.05, 0.1) is 12.6 Å². The van der Waals surface area contributed by atoms with Gasteiger partial charge in [-0.05, 0) is 36.4 Å². The van der Waals surface area contributed by atoms with Gasteiger partial charge in [-0.25, -0.2) is 14.4 Å². The van der Waals surface area contributed by atoms with Crippen LogP contribution in [0.15, 0.2) is 48.5 Å². The first-order chi connectivity index (χ1) is 10.7. The fourth-order valence-corrected chi connectivity index (χ4v) is 2.35. The van der Waals surface area contributed by atoms with Crippen LogP contribution >= 0.6 is 0 Å². The summed E-state index contributed by atoms with van der Waals surface area (Å²) in [6.45, 7) is -0.686. The van der Waals surface area contributed by atoms with Crippen molar-refractivity contribution in [3.8, 4) is 5.75 Å². The molecular weight excluding hydrogens is 281 g/mol. The second-order valence-corrected chi connectivity index (χ2v) is 4.87. The van der Waals surface area contributed by atoms with Crippen LogP contribution in [-0.4, -0.2) is 24.1 Å². The predicted molar refractivity (Wildman–Crippen MR) is 85.4 cm³/mol. The number of aromatic nitrogens is 2. The number of hydrogen-bond donors (Lipinski definition) is 0. The molecule has 0 radical (unpaired) electrons. The lowest BCUT2D eigenvalue weighted by atomic mass is 10.2. The number of fused-ring (bicyclic) bond motifs is 1. The Kier molecular flexibility index (Phi) is 3.87. The maximum Gasteiger partial charge on any atom is 0.162 e. The van der Waals surface area contributed by atoms with E-state index in [0.717, 1.165) is 22.3 Å². The highest BCUT2D eigenvalue weighted by Gasteiger charge is 2.13. The SMILES string of the molecule is COc1ccc(N(C)c2nc(CF)nc3ccccc23)cc1. The Morgan fingerprint density at radius 1 is 1.05 bits per heavy atom. The van der Waals surface area contributed by atoms with Crippen molar-refractivity contribution in [2.24, 2.45) is 0 Å². The minimum atomic E-state index is -0.686. The van der Waals surface area contributed by atoms with E-state index in [4.69, 9.17) is 4.74 Å². The van der Waals surface area contributed by atoms with Gasteiger partial charge in [0.1, 0.15) is 18.2 Å². The minimum Gasteiger partial charge on any atom is -0.497 e. The van der Waals surface area contributed by atoms with E-state index in [1.807, 2.05) is 60.5 Å². The Hall–Kier alpha value is -2.69. The summed E-state index contributed by atoms with van der Waals surface area (Å²) in [7, 11) is 3.53. The smallest absolute Gasteiger partial charge is 0.162 e. The van der Waals surface area contributed by atoms with Crippen LogP contribution in [0.2, 0.25) is 0 Å². The number of para-hydroxylation sites is 1. The molecule has 4 nitrogen and oxygen atoms in total. The molecule has 1 heterocycles. The van der Waals surface area contributed by atoms with Crippen LogP contribution in [0, 0.1) is 0 Å². The number of rotatable bonds is 4. The van der Waals surface area contributed by atoms with E-state index in [2.05, 4.69) is 9.97 Å². The second-order valence-electron chi connectivity index (χ2n) is 4.87. The molecule has 112 valence electrons. The van der Waals surface area contributed by atoms with Crippen LogP contribution in [0.5, 0.6) is 5.75 Å². The molecule has 0 fully saturated rings. The summed E-state index contributed by atoms with van der Waals surface area (Å²) >= 11 is 0. The fraction of sp³-hybridized carbons (Fsp3) is 0.176. The maximum absolute atomic E-state index is 13.0. The number of alkyl halides is 1. The first-order valence-corrected chi connectivity index (χ1v) is 6.92. The van der Waals surface area contributed by atoms with Crippen molar-refractivity contribution < 1.29 is 9.13 Å². The van der Waals surface area contributed by atoms with Crippen molar-refractivity contribution in [1.82, 2.24) is 9.97 Å². The van der Waals surface area contributed by atoms with Crippen molar-refractivity contribution in [2.75, 3.05) is 19.1 Å². The van der Waals surface area contributed by atoms with E-state index < -0.39 is 6.67 Å². The van der Waals surface area contributed by atoms with E-state index in [1.165, 1.54) is 0 Å². The van der Waals surface area contributed by atoms with E-state index in [0.29, 0.717) is 5.82 Å². The van der Waals surface area contributed by atoms with Crippen LogP contribution in [0.25, 0.3) is 10.9 Å². The fourth-order valence-electron chi connectivity index (χ4n) is 2.35. The van der Waals surface area contributed by atoms with Gasteiger partial charge in [0, 0.05) is 18.1 Å². The third kappa shape index (κ3) is 2.57. The highest BCUT2D eigenvalue weighted by molar-refractivity contribution is 5.91. The quantitative estimate of drug-likeness (QED) is 0.732. The molecule has 0 N–H and O–H groups in total. The monoisotopic (exact) mass is 297 g/mol. The van der Waals surface area contributed by atoms with Crippen LogP contribution in [-0.2, 0) is 6.67 Å². The number of methoxy groups -OCH3 is 1. The molecule has 0 aliphatic carbocycles. The number of hydrogen-bond acceptors (Lipinski definition) is 4. The first kappa shape index (κ1) is 14.3. The number of ether oxygens (including phenoxy) is 1. The van der Waals surface area contributed by atoms with Gasteiger partial charge in [-0.3, -0.25) is 0 Å². The number of benzene rings is 2. The van der Waals surface area contributed by atoms with E-state index in [9.17, 15) is 4.39 Å². The molecule has 3 rings (SSSR count). The van der Waals surface area contributed by atoms with E-state index in [-0.39, 0.29) is 5.82 Å². The highest BCUT2D eigenvalue weighted by atomic mass is 19.1. The lowest BCUT2D eigenvalue weighted by molar-refractivity contribution is 0.415. The Labute approximate surface area is 128 Å². The number of nitrogens with zero attached hydrogens (tertiary/aromatic N) is 3. The summed E-state index contributed by atoms with van der Waals surface area (Å²) in [6.07, 6.45) is 0. The van der Waals surface area contributed by atoms with Crippen molar-refractivity contribution in [1.29, 1.82) is 0 Å². The lowest BCUT2D eigenvalue weighted by Gasteiger charge is -2.20. The van der Waals surface area contributed by atoms with Gasteiger partial charge in [-0.2, -0.15) is 0 Å². The molecule has 5 heteroatoms. The molecule has 0 aliphatic rings. The second kappa shape index (κ2) is 5.97. The molecular formula is C17H16FN3O. The van der Waals surface area contributed by atoms with E-state index >= 15 is 0 Å². The molecule has 0 spiro atoms. The average molecular weight is 297 g/mol. The molecule has 1 aromatic heterocycles. The number of halogens is 1. The van der Waals surface area contributed by atoms with Crippen molar-refractivity contribution in [2.45, 2.75) is 6.67 Å². The standard InChI is InChI=1S/C17H16FN3O/c1-21(12-7-9-13(22-2)10-8-12)17-14-5-3-4-6-15(14)19-16(11-18)20-17/h3-10H,11H2,1-2H3. The highest BCUT2D eigenvalue weighted by Crippen LogP contribution is 2.29. The number of anilines is 2. The lowest BCUT2D eigenvalue weighted by Crippen LogP contribution is -2.13. The Morgan fingerprint density at radius 2 is 1.77 bits per heavy atom. The molecule has 3 aromatic rings. The Balaban J connectivity index is 2.10. The Morgan fingerprint density at radius 3 is 2.45 bits per heavy atom. The summed E-state index contributed by atoms with van der Waals surface area (Å²) in [4.78, 5) is 10.5. The van der Waals surface area contributed by atoms with Crippen LogP contribution < -0.4 is 9.64 Å². The molecule has 22 heavy (non-hydrogen) atoms. The summed E-state index contributed by atoms with van der Waals surface area (Å²) in [5, 5.41) is 0.887.